The summed E-state index contributed by atoms with van der Waals surface area (Å²) >= 11 is 0. The van der Waals surface area contributed by atoms with E-state index in [9.17, 15) is 9.90 Å². The Balaban J connectivity index is 2.22. The van der Waals surface area contributed by atoms with Gasteiger partial charge in [0.15, 0.2) is 0 Å². The van der Waals surface area contributed by atoms with Gasteiger partial charge in [-0.1, -0.05) is 24.3 Å². The number of hydrogen-bond acceptors (Lipinski definition) is 5. The Morgan fingerprint density at radius 1 is 1.12 bits per heavy atom. The summed E-state index contributed by atoms with van der Waals surface area (Å²) in [6.07, 6.45) is 0.791. The summed E-state index contributed by atoms with van der Waals surface area (Å²) in [4.78, 5) is 17.1. The van der Waals surface area contributed by atoms with Crippen LogP contribution in [0.2, 0.25) is 0 Å². The maximum Gasteiger partial charge on any atom is 0.201 e. The highest BCUT2D eigenvalue weighted by molar-refractivity contribution is 6.27. The van der Waals surface area contributed by atoms with E-state index in [2.05, 4.69) is 4.99 Å². The van der Waals surface area contributed by atoms with Crippen LogP contribution in [0.3, 0.4) is 0 Å². The SMILES string of the molecule is COc1cccc(CN=C(C)/C(=C\O)C(=O)c2ccccc2OC)c1. The molecule has 0 fully saturated rings. The van der Waals surface area contributed by atoms with Crippen molar-refractivity contribution in [3.8, 4) is 11.5 Å². The van der Waals surface area contributed by atoms with Crippen LogP contribution in [0.4, 0.5) is 0 Å². The molecular formula is C20H21NO4. The molecule has 2 aromatic rings. The van der Waals surface area contributed by atoms with Crippen molar-refractivity contribution in [3.63, 3.8) is 0 Å². The Bertz CT molecular complexity index is 809. The first-order valence-electron chi connectivity index (χ1n) is 7.77. The number of hydrogen-bond donors (Lipinski definition) is 1. The fraction of sp³-hybridized carbons (Fsp3) is 0.200. The van der Waals surface area contributed by atoms with Crippen LogP contribution in [0.5, 0.6) is 11.5 Å². The number of ether oxygens (including phenoxy) is 2. The van der Waals surface area contributed by atoms with Crippen molar-refractivity contribution in [2.24, 2.45) is 4.99 Å². The van der Waals surface area contributed by atoms with Crippen LogP contribution < -0.4 is 9.47 Å². The van der Waals surface area contributed by atoms with Crippen molar-refractivity contribution in [2.45, 2.75) is 13.5 Å². The van der Waals surface area contributed by atoms with Crippen molar-refractivity contribution < 1.29 is 19.4 Å². The summed E-state index contributed by atoms with van der Waals surface area (Å²) in [5.41, 5.74) is 1.90. The smallest absolute Gasteiger partial charge is 0.201 e. The van der Waals surface area contributed by atoms with E-state index in [1.54, 1.807) is 38.3 Å². The van der Waals surface area contributed by atoms with Crippen LogP contribution in [0.15, 0.2) is 65.4 Å². The number of Topliss-reactive ketones (excluding diaryl/α,β-unsaturated/α-hetero) is 1. The molecule has 0 bridgehead atoms. The Kier molecular flexibility index (Phi) is 6.34. The van der Waals surface area contributed by atoms with Crippen LogP contribution in [-0.2, 0) is 6.54 Å². The average molecular weight is 339 g/mol. The van der Waals surface area contributed by atoms with Crippen molar-refractivity contribution in [3.05, 3.63) is 71.5 Å². The Morgan fingerprint density at radius 2 is 1.88 bits per heavy atom. The van der Waals surface area contributed by atoms with Gasteiger partial charge in [-0.25, -0.2) is 0 Å². The summed E-state index contributed by atoms with van der Waals surface area (Å²) in [6.45, 7) is 2.06. The molecule has 0 aromatic heterocycles. The maximum absolute atomic E-state index is 12.7. The number of aliphatic hydroxyl groups excluding tert-OH is 1. The largest absolute Gasteiger partial charge is 0.515 e. The number of benzene rings is 2. The summed E-state index contributed by atoms with van der Waals surface area (Å²) in [6, 6.07) is 14.4. The van der Waals surface area contributed by atoms with Crippen LogP contribution in [-0.4, -0.2) is 30.8 Å². The van der Waals surface area contributed by atoms with E-state index >= 15 is 0 Å². The lowest BCUT2D eigenvalue weighted by Crippen LogP contribution is -2.12. The van der Waals surface area contributed by atoms with Crippen molar-refractivity contribution in [1.29, 1.82) is 0 Å². The average Bonchev–Trinajstić information content (AvgIpc) is 2.66. The van der Waals surface area contributed by atoms with E-state index in [-0.39, 0.29) is 11.4 Å². The van der Waals surface area contributed by atoms with Crippen molar-refractivity contribution in [1.82, 2.24) is 0 Å². The fourth-order valence-corrected chi connectivity index (χ4v) is 2.36. The highest BCUT2D eigenvalue weighted by atomic mass is 16.5. The van der Waals surface area contributed by atoms with Crippen molar-refractivity contribution in [2.75, 3.05) is 14.2 Å². The summed E-state index contributed by atoms with van der Waals surface area (Å²) in [7, 11) is 3.10. The molecule has 2 rings (SSSR count). The van der Waals surface area contributed by atoms with Gasteiger partial charge in [-0.05, 0) is 36.8 Å². The molecule has 0 amide bonds. The number of aliphatic hydroxyl groups is 1. The van der Waals surface area contributed by atoms with E-state index < -0.39 is 0 Å². The predicted octanol–water partition coefficient (Wildman–Crippen LogP) is 3.99. The maximum atomic E-state index is 12.7. The highest BCUT2D eigenvalue weighted by Gasteiger charge is 2.19. The number of rotatable bonds is 7. The molecule has 0 heterocycles. The lowest BCUT2D eigenvalue weighted by Gasteiger charge is -2.09. The second-order valence-electron chi connectivity index (χ2n) is 5.33. The van der Waals surface area contributed by atoms with E-state index in [1.165, 1.54) is 7.11 Å². The molecule has 2 aromatic carbocycles. The number of carbonyl (C=O) groups excluding carboxylic acids is 1. The van der Waals surface area contributed by atoms with E-state index in [0.29, 0.717) is 23.6 Å². The standard InChI is InChI=1S/C20H21NO4/c1-14(21-12-15-7-6-8-16(11-15)24-2)18(13-22)20(23)17-9-4-5-10-19(17)25-3/h4-11,13,22H,12H2,1-3H3/b18-13+,21-14?. The molecular weight excluding hydrogens is 318 g/mol. The zero-order valence-electron chi connectivity index (χ0n) is 14.5. The minimum atomic E-state index is -0.341. The second kappa shape index (κ2) is 8.68. The topological polar surface area (TPSA) is 68.1 Å². The normalized spacial score (nSPS) is 12.0. The predicted molar refractivity (Wildman–Crippen MR) is 97.8 cm³/mol. The molecule has 130 valence electrons. The quantitative estimate of drug-likeness (QED) is 0.358. The van der Waals surface area contributed by atoms with Gasteiger partial charge in [-0.15, -0.1) is 0 Å². The monoisotopic (exact) mass is 339 g/mol. The van der Waals surface area contributed by atoms with Crippen LogP contribution in [0.25, 0.3) is 0 Å². The van der Waals surface area contributed by atoms with Crippen LogP contribution >= 0.6 is 0 Å². The third kappa shape index (κ3) is 4.47. The molecule has 0 radical (unpaired) electrons. The van der Waals surface area contributed by atoms with Crippen LogP contribution in [0.1, 0.15) is 22.8 Å². The molecule has 0 unspecified atom stereocenters. The molecule has 0 aliphatic rings. The first-order chi connectivity index (χ1) is 12.1. The van der Waals surface area contributed by atoms with Gasteiger partial charge in [0.2, 0.25) is 5.78 Å². The molecule has 25 heavy (non-hydrogen) atoms. The molecule has 0 saturated carbocycles. The number of aliphatic imine (C=N–C) groups is 1. The minimum Gasteiger partial charge on any atom is -0.515 e. The third-order valence-corrected chi connectivity index (χ3v) is 3.75. The Morgan fingerprint density at radius 3 is 2.56 bits per heavy atom. The van der Waals surface area contributed by atoms with Gasteiger partial charge >= 0.3 is 0 Å². The molecule has 0 aliphatic heterocycles. The second-order valence-corrected chi connectivity index (χ2v) is 5.33. The van der Waals surface area contributed by atoms with Crippen molar-refractivity contribution >= 4 is 11.5 Å². The van der Waals surface area contributed by atoms with Gasteiger partial charge in [0.25, 0.3) is 0 Å². The summed E-state index contributed by atoms with van der Waals surface area (Å²) < 4.78 is 10.4. The van der Waals surface area contributed by atoms with E-state index in [1.807, 2.05) is 24.3 Å². The first-order valence-corrected chi connectivity index (χ1v) is 7.77. The number of carbonyl (C=O) groups is 1. The molecule has 0 saturated heterocycles. The lowest BCUT2D eigenvalue weighted by atomic mass is 10.0. The highest BCUT2D eigenvalue weighted by Crippen LogP contribution is 2.21. The fourth-order valence-electron chi connectivity index (χ4n) is 2.36. The van der Waals surface area contributed by atoms with Gasteiger partial charge in [-0.3, -0.25) is 9.79 Å². The zero-order chi connectivity index (χ0) is 18.2. The lowest BCUT2D eigenvalue weighted by molar-refractivity contribution is 0.103. The number of para-hydroxylation sites is 1. The van der Waals surface area contributed by atoms with Gasteiger partial charge in [0.1, 0.15) is 11.5 Å². The molecule has 5 nitrogen and oxygen atoms in total. The molecule has 0 atom stereocenters. The van der Waals surface area contributed by atoms with Gasteiger partial charge in [0.05, 0.1) is 38.2 Å². The van der Waals surface area contributed by atoms with Crippen LogP contribution in [0, 0.1) is 0 Å². The zero-order valence-corrected chi connectivity index (χ0v) is 14.5. The molecule has 5 heteroatoms. The molecule has 0 aliphatic carbocycles. The summed E-state index contributed by atoms with van der Waals surface area (Å²) in [5, 5.41) is 9.55. The Labute approximate surface area is 147 Å². The summed E-state index contributed by atoms with van der Waals surface area (Å²) in [5.74, 6) is 0.854. The van der Waals surface area contributed by atoms with Gasteiger partial charge < -0.3 is 14.6 Å². The Hall–Kier alpha value is -3.08. The first kappa shape index (κ1) is 18.3. The number of ketones is 1. The third-order valence-electron chi connectivity index (χ3n) is 3.75. The number of allylic oxidation sites excluding steroid dienone is 1. The van der Waals surface area contributed by atoms with E-state index in [4.69, 9.17) is 9.47 Å². The molecule has 0 spiro atoms. The molecule has 1 N–H and O–H groups in total. The van der Waals surface area contributed by atoms with Gasteiger partial charge in [0, 0.05) is 5.71 Å². The number of nitrogens with zero attached hydrogens (tertiary/aromatic N) is 1. The number of methoxy groups -OCH3 is 2. The van der Waals surface area contributed by atoms with Gasteiger partial charge in [-0.2, -0.15) is 0 Å². The minimum absolute atomic E-state index is 0.132. The van der Waals surface area contributed by atoms with E-state index in [0.717, 1.165) is 17.6 Å².